The zero-order valence-electron chi connectivity index (χ0n) is 12.2. The van der Waals surface area contributed by atoms with Gasteiger partial charge in [0.1, 0.15) is 4.87 Å². The Kier molecular flexibility index (Phi) is 3.39. The second-order valence-corrected chi connectivity index (χ2v) is 6.92. The lowest BCUT2D eigenvalue weighted by atomic mass is 9.98. The van der Waals surface area contributed by atoms with Crippen LogP contribution < -0.4 is 5.32 Å². The van der Waals surface area contributed by atoms with Crippen molar-refractivity contribution in [1.82, 2.24) is 0 Å². The molecule has 3 aromatic carbocycles. The predicted molar refractivity (Wildman–Crippen MR) is 94.2 cm³/mol. The van der Waals surface area contributed by atoms with Gasteiger partial charge in [0.2, 0.25) is 0 Å². The van der Waals surface area contributed by atoms with Crippen molar-refractivity contribution in [1.29, 1.82) is 0 Å². The third-order valence-electron chi connectivity index (χ3n) is 4.04. The van der Waals surface area contributed by atoms with Gasteiger partial charge in [-0.2, -0.15) is 0 Å². The average Bonchev–Trinajstić information content (AvgIpc) is 2.96. The number of para-hydroxylation sites is 1. The first-order valence-corrected chi connectivity index (χ1v) is 8.33. The van der Waals surface area contributed by atoms with Crippen LogP contribution in [0.5, 0.6) is 0 Å². The van der Waals surface area contributed by atoms with Gasteiger partial charge in [-0.1, -0.05) is 84.6 Å². The van der Waals surface area contributed by atoms with Gasteiger partial charge in [-0.15, -0.1) is 0 Å². The molecule has 1 unspecified atom stereocenters. The zero-order valence-corrected chi connectivity index (χ0v) is 13.0. The molecular weight excluding hydrogens is 286 g/mol. The first-order valence-electron chi connectivity index (χ1n) is 7.51. The Morgan fingerprint density at radius 3 is 2.09 bits per heavy atom. The summed E-state index contributed by atoms with van der Waals surface area (Å²) in [5.74, 6) is 0. The summed E-state index contributed by atoms with van der Waals surface area (Å²) < 4.78 is 0. The van der Waals surface area contributed by atoms with Crippen LogP contribution in [0.1, 0.15) is 11.1 Å². The smallest absolute Gasteiger partial charge is 0.118 e. The minimum atomic E-state index is -0.133. The van der Waals surface area contributed by atoms with Gasteiger partial charge in [-0.25, -0.2) is 0 Å². The molecular formula is C20H17NS. The van der Waals surface area contributed by atoms with Crippen LogP contribution in [-0.2, 0) is 11.3 Å². The number of fused-ring (bicyclic) bond motifs is 1. The van der Waals surface area contributed by atoms with E-state index in [0.717, 1.165) is 6.42 Å². The lowest BCUT2D eigenvalue weighted by molar-refractivity contribution is 0.716. The summed E-state index contributed by atoms with van der Waals surface area (Å²) in [5.41, 5.74) is 3.89. The SMILES string of the molecule is c1ccc(CC2(c3ccccc3)Nc3ccccc3S2)cc1. The standard InChI is InChI=1S/C20H17NS/c1-3-9-16(10-4-1)15-20(17-11-5-2-6-12-17)21-18-13-7-8-14-19(18)22-20/h1-14,21H,15H2. The summed E-state index contributed by atoms with van der Waals surface area (Å²) in [6.45, 7) is 0. The van der Waals surface area contributed by atoms with E-state index in [1.54, 1.807) is 0 Å². The Morgan fingerprint density at radius 2 is 1.36 bits per heavy atom. The molecule has 1 aliphatic rings. The molecule has 1 aliphatic heterocycles. The minimum absolute atomic E-state index is 0.133. The third-order valence-corrected chi connectivity index (χ3v) is 5.45. The first-order chi connectivity index (χ1) is 10.9. The van der Waals surface area contributed by atoms with Gasteiger partial charge in [0.05, 0.1) is 0 Å². The van der Waals surface area contributed by atoms with Crippen LogP contribution in [-0.4, -0.2) is 0 Å². The average molecular weight is 303 g/mol. The zero-order chi connectivity index (χ0) is 14.8. The highest BCUT2D eigenvalue weighted by molar-refractivity contribution is 8.00. The summed E-state index contributed by atoms with van der Waals surface area (Å²) in [4.78, 5) is 1.19. The highest BCUT2D eigenvalue weighted by Crippen LogP contribution is 2.52. The van der Waals surface area contributed by atoms with Crippen molar-refractivity contribution in [2.45, 2.75) is 16.2 Å². The molecule has 4 rings (SSSR count). The van der Waals surface area contributed by atoms with E-state index in [4.69, 9.17) is 0 Å². The molecule has 0 saturated carbocycles. The number of anilines is 1. The Balaban J connectivity index is 1.77. The topological polar surface area (TPSA) is 12.0 Å². The Morgan fingerprint density at radius 1 is 0.727 bits per heavy atom. The molecule has 0 amide bonds. The molecule has 1 nitrogen and oxygen atoms in total. The van der Waals surface area contributed by atoms with E-state index < -0.39 is 0 Å². The fourth-order valence-electron chi connectivity index (χ4n) is 2.99. The molecule has 1 atom stereocenters. The molecule has 0 radical (unpaired) electrons. The largest absolute Gasteiger partial charge is 0.366 e. The Hall–Kier alpha value is -2.19. The molecule has 0 aliphatic carbocycles. The Labute approximate surface area is 135 Å². The van der Waals surface area contributed by atoms with Crippen LogP contribution in [0.3, 0.4) is 0 Å². The van der Waals surface area contributed by atoms with Crippen molar-refractivity contribution < 1.29 is 0 Å². The molecule has 0 aromatic heterocycles. The van der Waals surface area contributed by atoms with Crippen LogP contribution >= 0.6 is 11.8 Å². The summed E-state index contributed by atoms with van der Waals surface area (Å²) in [7, 11) is 0. The van der Waals surface area contributed by atoms with Crippen molar-refractivity contribution in [2.75, 3.05) is 5.32 Å². The van der Waals surface area contributed by atoms with Crippen molar-refractivity contribution in [3.63, 3.8) is 0 Å². The number of hydrogen-bond donors (Lipinski definition) is 1. The maximum Gasteiger partial charge on any atom is 0.118 e. The van der Waals surface area contributed by atoms with E-state index in [-0.39, 0.29) is 4.87 Å². The summed E-state index contributed by atoms with van der Waals surface area (Å²) >= 11 is 1.92. The number of benzene rings is 3. The summed E-state index contributed by atoms with van der Waals surface area (Å²) in [6, 6.07) is 30.0. The molecule has 108 valence electrons. The number of nitrogens with one attached hydrogen (secondary N) is 1. The van der Waals surface area contributed by atoms with Crippen molar-refractivity contribution in [3.8, 4) is 0 Å². The summed E-state index contributed by atoms with van der Waals surface area (Å²) in [6.07, 6.45) is 0.956. The van der Waals surface area contributed by atoms with Crippen LogP contribution in [0.25, 0.3) is 0 Å². The summed E-state index contributed by atoms with van der Waals surface area (Å²) in [5, 5.41) is 3.78. The van der Waals surface area contributed by atoms with Gasteiger partial charge in [-0.05, 0) is 23.3 Å². The van der Waals surface area contributed by atoms with Crippen LogP contribution in [0.2, 0.25) is 0 Å². The Bertz CT molecular complexity index is 743. The van der Waals surface area contributed by atoms with Gasteiger partial charge in [0.15, 0.2) is 0 Å². The molecule has 1 heterocycles. The van der Waals surface area contributed by atoms with E-state index in [1.165, 1.54) is 21.7 Å². The fourth-order valence-corrected chi connectivity index (χ4v) is 4.40. The van der Waals surface area contributed by atoms with E-state index in [9.17, 15) is 0 Å². The van der Waals surface area contributed by atoms with Gasteiger partial charge in [0, 0.05) is 17.0 Å². The van der Waals surface area contributed by atoms with E-state index in [1.807, 2.05) is 11.8 Å². The second kappa shape index (κ2) is 5.54. The lowest BCUT2D eigenvalue weighted by Crippen LogP contribution is -2.30. The van der Waals surface area contributed by atoms with Gasteiger partial charge in [0.25, 0.3) is 0 Å². The van der Waals surface area contributed by atoms with Crippen molar-refractivity contribution in [3.05, 3.63) is 96.1 Å². The van der Waals surface area contributed by atoms with Crippen molar-refractivity contribution >= 4 is 17.4 Å². The van der Waals surface area contributed by atoms with E-state index in [0.29, 0.717) is 0 Å². The predicted octanol–water partition coefficient (Wildman–Crippen LogP) is 5.30. The molecule has 0 spiro atoms. The molecule has 0 saturated heterocycles. The minimum Gasteiger partial charge on any atom is -0.366 e. The van der Waals surface area contributed by atoms with Gasteiger partial charge < -0.3 is 5.32 Å². The fraction of sp³-hybridized carbons (Fsp3) is 0.100. The quantitative estimate of drug-likeness (QED) is 0.704. The maximum absolute atomic E-state index is 3.78. The normalized spacial score (nSPS) is 19.5. The highest BCUT2D eigenvalue weighted by atomic mass is 32.2. The molecule has 0 bridgehead atoms. The molecule has 3 aromatic rings. The molecule has 2 heteroatoms. The number of hydrogen-bond acceptors (Lipinski definition) is 2. The van der Waals surface area contributed by atoms with Crippen LogP contribution in [0.4, 0.5) is 5.69 Å². The van der Waals surface area contributed by atoms with E-state index in [2.05, 4.69) is 90.2 Å². The monoisotopic (exact) mass is 303 g/mol. The maximum atomic E-state index is 3.78. The lowest BCUT2D eigenvalue weighted by Gasteiger charge is -2.30. The van der Waals surface area contributed by atoms with Crippen LogP contribution in [0, 0.1) is 0 Å². The van der Waals surface area contributed by atoms with E-state index >= 15 is 0 Å². The molecule has 1 N–H and O–H groups in total. The van der Waals surface area contributed by atoms with Gasteiger partial charge >= 0.3 is 0 Å². The number of thioether (sulfide) groups is 1. The van der Waals surface area contributed by atoms with Crippen LogP contribution in [0.15, 0.2) is 89.8 Å². The second-order valence-electron chi connectivity index (χ2n) is 5.58. The first kappa shape index (κ1) is 13.5. The van der Waals surface area contributed by atoms with Crippen molar-refractivity contribution in [2.24, 2.45) is 0 Å². The highest BCUT2D eigenvalue weighted by Gasteiger charge is 2.39. The third kappa shape index (κ3) is 2.40. The number of rotatable bonds is 3. The molecule has 22 heavy (non-hydrogen) atoms. The molecule has 0 fully saturated rings. The van der Waals surface area contributed by atoms with Gasteiger partial charge in [-0.3, -0.25) is 0 Å².